The predicted octanol–water partition coefficient (Wildman–Crippen LogP) is 3.73. The van der Waals surface area contributed by atoms with Crippen molar-refractivity contribution in [2.75, 3.05) is 6.61 Å². The van der Waals surface area contributed by atoms with E-state index in [4.69, 9.17) is 4.74 Å². The van der Waals surface area contributed by atoms with Gasteiger partial charge in [-0.2, -0.15) is 0 Å². The van der Waals surface area contributed by atoms with E-state index >= 15 is 0 Å². The van der Waals surface area contributed by atoms with Crippen molar-refractivity contribution in [1.29, 1.82) is 0 Å². The monoisotopic (exact) mass is 192 g/mol. The molecule has 1 atom stereocenters. The van der Waals surface area contributed by atoms with Crippen LogP contribution in [0.15, 0.2) is 18.2 Å². The summed E-state index contributed by atoms with van der Waals surface area (Å²) in [7, 11) is 0. The summed E-state index contributed by atoms with van der Waals surface area (Å²) in [6.45, 7) is 9.45. The quantitative estimate of drug-likeness (QED) is 0.706. The summed E-state index contributed by atoms with van der Waals surface area (Å²) in [4.78, 5) is 0. The predicted molar refractivity (Wildman–Crippen MR) is 60.9 cm³/mol. The van der Waals surface area contributed by atoms with E-state index in [1.807, 2.05) is 12.1 Å². The smallest absolute Gasteiger partial charge is 0.122 e. The van der Waals surface area contributed by atoms with E-state index in [1.54, 1.807) is 0 Å². The molecule has 1 nitrogen and oxygen atoms in total. The van der Waals surface area contributed by atoms with Crippen LogP contribution in [0.1, 0.15) is 31.4 Å². The van der Waals surface area contributed by atoms with Gasteiger partial charge in [-0.3, -0.25) is 0 Å². The molecule has 1 aromatic carbocycles. The molecule has 0 N–H and O–H groups in total. The van der Waals surface area contributed by atoms with Crippen LogP contribution in [-0.2, 0) is 0 Å². The van der Waals surface area contributed by atoms with E-state index in [1.165, 1.54) is 17.5 Å². The van der Waals surface area contributed by atoms with Crippen LogP contribution in [-0.4, -0.2) is 6.61 Å². The van der Waals surface area contributed by atoms with Gasteiger partial charge in [0, 0.05) is 0 Å². The van der Waals surface area contributed by atoms with E-state index in [0.29, 0.717) is 5.92 Å². The molecule has 1 rings (SSSR count). The Morgan fingerprint density at radius 2 is 2.00 bits per heavy atom. The molecule has 0 radical (unpaired) electrons. The molecule has 0 saturated carbocycles. The molecule has 0 spiro atoms. The highest BCUT2D eigenvalue weighted by molar-refractivity contribution is 5.38. The number of rotatable bonds is 4. The van der Waals surface area contributed by atoms with Gasteiger partial charge in [0.2, 0.25) is 0 Å². The Hall–Kier alpha value is -0.980. The van der Waals surface area contributed by atoms with Crippen molar-refractivity contribution < 1.29 is 4.74 Å². The van der Waals surface area contributed by atoms with Gasteiger partial charge in [0.1, 0.15) is 5.75 Å². The summed E-state index contributed by atoms with van der Waals surface area (Å²) in [6, 6.07) is 6.21. The van der Waals surface area contributed by atoms with Crippen LogP contribution >= 0.6 is 0 Å². The number of aryl methyl sites for hydroxylation is 1. The Kier molecular flexibility index (Phi) is 3.99. The molecule has 0 bridgehead atoms. The topological polar surface area (TPSA) is 9.23 Å². The molecular formula is C13H20O. The maximum Gasteiger partial charge on any atom is 0.122 e. The Morgan fingerprint density at radius 1 is 1.29 bits per heavy atom. The second-order valence-corrected chi connectivity index (χ2v) is 4.02. The zero-order valence-electron chi connectivity index (χ0n) is 9.63. The molecule has 1 unspecified atom stereocenters. The van der Waals surface area contributed by atoms with Gasteiger partial charge < -0.3 is 4.74 Å². The molecule has 0 aliphatic rings. The average Bonchev–Trinajstić information content (AvgIpc) is 2.20. The van der Waals surface area contributed by atoms with Crippen LogP contribution < -0.4 is 4.74 Å². The van der Waals surface area contributed by atoms with Gasteiger partial charge in [0.15, 0.2) is 0 Å². The molecule has 0 saturated heterocycles. The summed E-state index contributed by atoms with van der Waals surface area (Å²) in [6.07, 6.45) is 1.17. The normalized spacial score (nSPS) is 12.6. The molecule has 1 heteroatoms. The number of hydrogen-bond donors (Lipinski definition) is 0. The highest BCUT2D eigenvalue weighted by Crippen LogP contribution is 2.21. The highest BCUT2D eigenvalue weighted by Gasteiger charge is 2.03. The maximum atomic E-state index is 5.77. The van der Waals surface area contributed by atoms with Gasteiger partial charge in [-0.1, -0.05) is 32.4 Å². The molecule has 78 valence electrons. The minimum atomic E-state index is 0.634. The minimum Gasteiger partial charge on any atom is -0.493 e. The van der Waals surface area contributed by atoms with Crippen molar-refractivity contribution in [1.82, 2.24) is 0 Å². The van der Waals surface area contributed by atoms with Crippen LogP contribution in [0.2, 0.25) is 0 Å². The molecule has 0 aromatic heterocycles. The fourth-order valence-corrected chi connectivity index (χ4v) is 1.23. The van der Waals surface area contributed by atoms with Crippen LogP contribution in [0.5, 0.6) is 5.75 Å². The molecular weight excluding hydrogens is 172 g/mol. The third-order valence-corrected chi connectivity index (χ3v) is 2.78. The van der Waals surface area contributed by atoms with E-state index in [2.05, 4.69) is 33.8 Å². The van der Waals surface area contributed by atoms with Gasteiger partial charge in [0.05, 0.1) is 6.61 Å². The zero-order valence-corrected chi connectivity index (χ0v) is 9.63. The fourth-order valence-electron chi connectivity index (χ4n) is 1.23. The third kappa shape index (κ3) is 2.76. The number of hydrogen-bond acceptors (Lipinski definition) is 1. The molecule has 0 amide bonds. The lowest BCUT2D eigenvalue weighted by Gasteiger charge is -2.13. The van der Waals surface area contributed by atoms with Crippen molar-refractivity contribution >= 4 is 0 Å². The molecule has 0 aliphatic carbocycles. The molecule has 0 fully saturated rings. The standard InChI is InChI=1S/C13H20O/c1-5-10(2)9-14-13-8-6-7-11(3)12(13)4/h6-8,10H,5,9H2,1-4H3. The van der Waals surface area contributed by atoms with Crippen molar-refractivity contribution in [3.8, 4) is 5.75 Å². The zero-order chi connectivity index (χ0) is 10.6. The number of benzene rings is 1. The van der Waals surface area contributed by atoms with E-state index in [0.717, 1.165) is 12.4 Å². The second-order valence-electron chi connectivity index (χ2n) is 4.02. The van der Waals surface area contributed by atoms with Gasteiger partial charge in [0.25, 0.3) is 0 Å². The lowest BCUT2D eigenvalue weighted by Crippen LogP contribution is -2.08. The van der Waals surface area contributed by atoms with Gasteiger partial charge in [-0.15, -0.1) is 0 Å². The van der Waals surface area contributed by atoms with Gasteiger partial charge in [-0.25, -0.2) is 0 Å². The Morgan fingerprint density at radius 3 is 2.64 bits per heavy atom. The van der Waals surface area contributed by atoms with Crippen molar-refractivity contribution in [2.45, 2.75) is 34.1 Å². The Balaban J connectivity index is 2.63. The second kappa shape index (κ2) is 5.04. The first-order chi connectivity index (χ1) is 6.65. The molecule has 0 heterocycles. The lowest BCUT2D eigenvalue weighted by molar-refractivity contribution is 0.255. The fraction of sp³-hybridized carbons (Fsp3) is 0.538. The van der Waals surface area contributed by atoms with Crippen molar-refractivity contribution in [3.05, 3.63) is 29.3 Å². The average molecular weight is 192 g/mol. The van der Waals surface area contributed by atoms with E-state index < -0.39 is 0 Å². The van der Waals surface area contributed by atoms with Crippen LogP contribution in [0.25, 0.3) is 0 Å². The maximum absolute atomic E-state index is 5.77. The van der Waals surface area contributed by atoms with E-state index in [9.17, 15) is 0 Å². The van der Waals surface area contributed by atoms with E-state index in [-0.39, 0.29) is 0 Å². The summed E-state index contributed by atoms with van der Waals surface area (Å²) < 4.78 is 5.77. The summed E-state index contributed by atoms with van der Waals surface area (Å²) in [5, 5.41) is 0. The SMILES string of the molecule is CCC(C)COc1cccc(C)c1C. The molecule has 14 heavy (non-hydrogen) atoms. The van der Waals surface area contributed by atoms with Crippen molar-refractivity contribution in [3.63, 3.8) is 0 Å². The van der Waals surface area contributed by atoms with Crippen LogP contribution in [0.4, 0.5) is 0 Å². The minimum absolute atomic E-state index is 0.634. The first-order valence-electron chi connectivity index (χ1n) is 5.34. The van der Waals surface area contributed by atoms with Crippen molar-refractivity contribution in [2.24, 2.45) is 5.92 Å². The largest absolute Gasteiger partial charge is 0.493 e. The summed E-state index contributed by atoms with van der Waals surface area (Å²) in [5.41, 5.74) is 2.56. The Bertz CT molecular complexity index is 291. The first-order valence-corrected chi connectivity index (χ1v) is 5.34. The van der Waals surface area contributed by atoms with Crippen LogP contribution in [0.3, 0.4) is 0 Å². The molecule has 0 aliphatic heterocycles. The number of ether oxygens (including phenoxy) is 1. The first kappa shape index (κ1) is 11.1. The van der Waals surface area contributed by atoms with Crippen LogP contribution in [0, 0.1) is 19.8 Å². The lowest BCUT2D eigenvalue weighted by atomic mass is 10.1. The Labute approximate surface area is 87.1 Å². The molecule has 1 aromatic rings. The summed E-state index contributed by atoms with van der Waals surface area (Å²) >= 11 is 0. The highest BCUT2D eigenvalue weighted by atomic mass is 16.5. The third-order valence-electron chi connectivity index (χ3n) is 2.78. The summed E-state index contributed by atoms with van der Waals surface area (Å²) in [5.74, 6) is 1.67. The van der Waals surface area contributed by atoms with Gasteiger partial charge in [-0.05, 0) is 37.0 Å². The van der Waals surface area contributed by atoms with Gasteiger partial charge >= 0.3 is 0 Å².